The fraction of sp³-hybridized carbons (Fsp3) is 0.571. The topological polar surface area (TPSA) is 23.5 Å². The second-order valence-corrected chi connectivity index (χ2v) is 6.12. The SMILES string of the molecule is OC1(c2cccc(Cl)c2Cl)CCN(CCC(F)(F)F)CC1. The number of nitrogens with zero attached hydrogens (tertiary/aromatic N) is 1. The number of piperidine rings is 1. The highest BCUT2D eigenvalue weighted by Crippen LogP contribution is 2.39. The fourth-order valence-corrected chi connectivity index (χ4v) is 3.04. The lowest BCUT2D eigenvalue weighted by molar-refractivity contribution is -0.140. The van der Waals surface area contributed by atoms with Crippen molar-refractivity contribution in [1.29, 1.82) is 0 Å². The van der Waals surface area contributed by atoms with Gasteiger partial charge in [0.15, 0.2) is 0 Å². The molecule has 21 heavy (non-hydrogen) atoms. The Morgan fingerprint density at radius 2 is 1.81 bits per heavy atom. The lowest BCUT2D eigenvalue weighted by Gasteiger charge is -2.39. The van der Waals surface area contributed by atoms with Crippen LogP contribution in [0.25, 0.3) is 0 Å². The van der Waals surface area contributed by atoms with Gasteiger partial charge < -0.3 is 10.0 Å². The zero-order chi connectivity index (χ0) is 15.7. The third-order valence-electron chi connectivity index (χ3n) is 3.85. The maximum Gasteiger partial charge on any atom is 0.390 e. The van der Waals surface area contributed by atoms with Gasteiger partial charge in [-0.25, -0.2) is 0 Å². The molecule has 0 atom stereocenters. The Kier molecular flexibility index (Phi) is 5.08. The predicted octanol–water partition coefficient (Wildman–Crippen LogP) is 4.23. The fourth-order valence-electron chi connectivity index (χ4n) is 2.56. The van der Waals surface area contributed by atoms with Gasteiger partial charge in [0.25, 0.3) is 0 Å². The smallest absolute Gasteiger partial charge is 0.385 e. The van der Waals surface area contributed by atoms with Crippen molar-refractivity contribution in [2.24, 2.45) is 0 Å². The summed E-state index contributed by atoms with van der Waals surface area (Å²) in [7, 11) is 0. The van der Waals surface area contributed by atoms with Crippen molar-refractivity contribution in [2.75, 3.05) is 19.6 Å². The van der Waals surface area contributed by atoms with Crippen LogP contribution in [0.3, 0.4) is 0 Å². The van der Waals surface area contributed by atoms with Crippen LogP contribution in [-0.4, -0.2) is 35.8 Å². The molecule has 2 nitrogen and oxygen atoms in total. The van der Waals surface area contributed by atoms with E-state index in [0.29, 0.717) is 41.5 Å². The number of benzene rings is 1. The molecule has 1 aliphatic heterocycles. The first-order valence-electron chi connectivity index (χ1n) is 6.67. The summed E-state index contributed by atoms with van der Waals surface area (Å²) in [6.07, 6.45) is -4.30. The molecule has 0 spiro atoms. The molecule has 0 saturated carbocycles. The quantitative estimate of drug-likeness (QED) is 0.889. The molecular formula is C14H16Cl2F3NO. The Bertz CT molecular complexity index is 499. The number of alkyl halides is 3. The third-order valence-corrected chi connectivity index (χ3v) is 4.67. The first-order chi connectivity index (χ1) is 9.71. The minimum atomic E-state index is -4.15. The molecule has 0 aliphatic carbocycles. The second kappa shape index (κ2) is 6.32. The predicted molar refractivity (Wildman–Crippen MR) is 76.7 cm³/mol. The number of rotatable bonds is 3. The summed E-state index contributed by atoms with van der Waals surface area (Å²) in [4.78, 5) is 1.71. The molecule has 1 aliphatic rings. The lowest BCUT2D eigenvalue weighted by atomic mass is 9.84. The van der Waals surface area contributed by atoms with Crippen LogP contribution in [0.1, 0.15) is 24.8 Å². The van der Waals surface area contributed by atoms with E-state index in [2.05, 4.69) is 0 Å². The van der Waals surface area contributed by atoms with E-state index < -0.39 is 18.2 Å². The number of hydrogen-bond donors (Lipinski definition) is 1. The maximum absolute atomic E-state index is 12.2. The van der Waals surface area contributed by atoms with Gasteiger partial charge in [0.1, 0.15) is 0 Å². The van der Waals surface area contributed by atoms with E-state index in [1.54, 1.807) is 23.1 Å². The third kappa shape index (κ3) is 4.25. The van der Waals surface area contributed by atoms with Crippen molar-refractivity contribution in [3.8, 4) is 0 Å². The molecular weight excluding hydrogens is 326 g/mol. The summed E-state index contributed by atoms with van der Waals surface area (Å²) in [5, 5.41) is 11.4. The Labute approximate surface area is 131 Å². The molecule has 2 rings (SSSR count). The molecule has 1 aromatic carbocycles. The zero-order valence-electron chi connectivity index (χ0n) is 11.3. The first kappa shape index (κ1) is 16.9. The molecule has 1 saturated heterocycles. The van der Waals surface area contributed by atoms with Gasteiger partial charge in [-0.1, -0.05) is 35.3 Å². The van der Waals surface area contributed by atoms with Crippen molar-refractivity contribution < 1.29 is 18.3 Å². The van der Waals surface area contributed by atoms with Crippen LogP contribution in [0, 0.1) is 0 Å². The molecule has 1 fully saturated rings. The van der Waals surface area contributed by atoms with Crippen molar-refractivity contribution in [2.45, 2.75) is 31.0 Å². The Hall–Kier alpha value is -0.490. The minimum absolute atomic E-state index is 0.0388. The van der Waals surface area contributed by atoms with Crippen molar-refractivity contribution in [3.63, 3.8) is 0 Å². The van der Waals surface area contributed by atoms with E-state index in [1.807, 2.05) is 0 Å². The lowest BCUT2D eigenvalue weighted by Crippen LogP contribution is -2.43. The number of halogens is 5. The van der Waals surface area contributed by atoms with Crippen molar-refractivity contribution in [3.05, 3.63) is 33.8 Å². The highest BCUT2D eigenvalue weighted by atomic mass is 35.5. The Balaban J connectivity index is 2.00. The highest BCUT2D eigenvalue weighted by molar-refractivity contribution is 6.42. The van der Waals surface area contributed by atoms with E-state index >= 15 is 0 Å². The van der Waals surface area contributed by atoms with Gasteiger partial charge in [0, 0.05) is 25.2 Å². The van der Waals surface area contributed by atoms with Gasteiger partial charge in [0.2, 0.25) is 0 Å². The molecule has 0 unspecified atom stereocenters. The number of aliphatic hydroxyl groups is 1. The molecule has 0 amide bonds. The highest BCUT2D eigenvalue weighted by Gasteiger charge is 2.37. The summed E-state index contributed by atoms with van der Waals surface area (Å²) in [5.41, 5.74) is -0.580. The van der Waals surface area contributed by atoms with Gasteiger partial charge >= 0.3 is 6.18 Å². The molecule has 1 N–H and O–H groups in total. The van der Waals surface area contributed by atoms with E-state index in [-0.39, 0.29) is 6.54 Å². The summed E-state index contributed by atoms with van der Waals surface area (Å²) >= 11 is 12.1. The largest absolute Gasteiger partial charge is 0.390 e. The van der Waals surface area contributed by atoms with Crippen molar-refractivity contribution in [1.82, 2.24) is 4.90 Å². The average Bonchev–Trinajstić information content (AvgIpc) is 2.40. The van der Waals surface area contributed by atoms with E-state index in [4.69, 9.17) is 23.2 Å². The van der Waals surface area contributed by atoms with Crippen LogP contribution >= 0.6 is 23.2 Å². The van der Waals surface area contributed by atoms with Gasteiger partial charge in [-0.15, -0.1) is 0 Å². The molecule has 0 radical (unpaired) electrons. The van der Waals surface area contributed by atoms with Crippen molar-refractivity contribution >= 4 is 23.2 Å². The van der Waals surface area contributed by atoms with E-state index in [9.17, 15) is 18.3 Å². The summed E-state index contributed by atoms with van der Waals surface area (Å²) in [5.74, 6) is 0. The standard InChI is InChI=1S/C14H16Cl2F3NO/c15-11-3-1-2-10(12(11)16)13(21)4-7-20(8-5-13)9-6-14(17,18)19/h1-3,21H,4-9H2. The van der Waals surface area contributed by atoms with E-state index in [1.165, 1.54) is 0 Å². The van der Waals surface area contributed by atoms with Gasteiger partial charge in [0.05, 0.1) is 22.1 Å². The van der Waals surface area contributed by atoms with Crippen LogP contribution in [0.15, 0.2) is 18.2 Å². The summed E-state index contributed by atoms with van der Waals surface area (Å²) in [6, 6.07) is 5.05. The monoisotopic (exact) mass is 341 g/mol. The minimum Gasteiger partial charge on any atom is -0.385 e. The summed E-state index contributed by atoms with van der Waals surface area (Å²) < 4.78 is 36.7. The van der Waals surface area contributed by atoms with Crippen LogP contribution in [-0.2, 0) is 5.60 Å². The van der Waals surface area contributed by atoms with Crippen LogP contribution in [0.2, 0.25) is 10.0 Å². The van der Waals surface area contributed by atoms with E-state index in [0.717, 1.165) is 0 Å². The molecule has 118 valence electrons. The number of likely N-dealkylation sites (tertiary alicyclic amines) is 1. The Morgan fingerprint density at radius 3 is 2.38 bits per heavy atom. The average molecular weight is 342 g/mol. The molecule has 1 aromatic rings. The molecule has 7 heteroatoms. The maximum atomic E-state index is 12.2. The van der Waals surface area contributed by atoms with Gasteiger partial charge in [-0.2, -0.15) is 13.2 Å². The van der Waals surface area contributed by atoms with Crippen LogP contribution < -0.4 is 0 Å². The summed E-state index contributed by atoms with van der Waals surface area (Å²) in [6.45, 7) is 0.758. The van der Waals surface area contributed by atoms with Gasteiger partial charge in [-0.3, -0.25) is 0 Å². The normalized spacial score (nSPS) is 19.7. The van der Waals surface area contributed by atoms with Crippen LogP contribution in [0.5, 0.6) is 0 Å². The van der Waals surface area contributed by atoms with Gasteiger partial charge in [-0.05, 0) is 18.9 Å². The Morgan fingerprint density at radius 1 is 1.19 bits per heavy atom. The molecule has 1 heterocycles. The number of hydrogen-bond acceptors (Lipinski definition) is 2. The zero-order valence-corrected chi connectivity index (χ0v) is 12.8. The second-order valence-electron chi connectivity index (χ2n) is 5.34. The molecule has 0 bridgehead atoms. The molecule has 0 aromatic heterocycles. The first-order valence-corrected chi connectivity index (χ1v) is 7.43. The van der Waals surface area contributed by atoms with Crippen LogP contribution in [0.4, 0.5) is 13.2 Å².